The van der Waals surface area contributed by atoms with Gasteiger partial charge < -0.3 is 9.64 Å². The summed E-state index contributed by atoms with van der Waals surface area (Å²) in [6, 6.07) is 0. The Morgan fingerprint density at radius 1 is 1.90 bits per heavy atom. The lowest BCUT2D eigenvalue weighted by Crippen LogP contribution is -2.25. The molecule has 0 saturated carbocycles. The Morgan fingerprint density at radius 3 is 3.00 bits per heavy atom. The lowest BCUT2D eigenvalue weighted by atomic mass is 10.3. The van der Waals surface area contributed by atoms with Gasteiger partial charge in [0.2, 0.25) is 0 Å². The summed E-state index contributed by atoms with van der Waals surface area (Å²) >= 11 is 0. The molecule has 0 aromatic heterocycles. The van der Waals surface area contributed by atoms with E-state index in [9.17, 15) is 4.79 Å². The smallest absolute Gasteiger partial charge is 0.295 e. The fraction of sp³-hybridized carbons (Fsp3) is 0.571. The Labute approximate surface area is 60.3 Å². The molecule has 0 unspecified atom stereocenters. The van der Waals surface area contributed by atoms with Gasteiger partial charge in [0.15, 0.2) is 6.23 Å². The highest BCUT2D eigenvalue weighted by molar-refractivity contribution is 5.37. The van der Waals surface area contributed by atoms with Gasteiger partial charge in [-0.15, -0.1) is 0 Å². The maximum atomic E-state index is 9.93. The van der Waals surface area contributed by atoms with Gasteiger partial charge in [-0.1, -0.05) is 6.58 Å². The van der Waals surface area contributed by atoms with Crippen molar-refractivity contribution in [2.75, 3.05) is 7.05 Å². The first kappa shape index (κ1) is 7.12. The number of carbonyl (C=O) groups excluding carboxylic acids is 1. The second kappa shape index (κ2) is 2.73. The van der Waals surface area contributed by atoms with Crippen molar-refractivity contribution in [3.05, 3.63) is 12.3 Å². The van der Waals surface area contributed by atoms with Gasteiger partial charge in [0.05, 0.1) is 0 Å². The minimum Gasteiger partial charge on any atom is -0.444 e. The van der Waals surface area contributed by atoms with Crippen LogP contribution in [0.3, 0.4) is 0 Å². The number of likely N-dealkylation sites (tertiary alicyclic amines) is 1. The highest BCUT2D eigenvalue weighted by atomic mass is 16.5. The van der Waals surface area contributed by atoms with Crippen LogP contribution in [0.25, 0.3) is 0 Å². The van der Waals surface area contributed by atoms with Gasteiger partial charge in [0, 0.05) is 19.2 Å². The minimum atomic E-state index is -0.0787. The third-order valence-electron chi connectivity index (χ3n) is 1.82. The fourth-order valence-corrected chi connectivity index (χ4v) is 1.09. The second-order valence-electron chi connectivity index (χ2n) is 2.40. The second-order valence-corrected chi connectivity index (χ2v) is 2.40. The monoisotopic (exact) mass is 141 g/mol. The van der Waals surface area contributed by atoms with Gasteiger partial charge in [-0.05, 0) is 6.42 Å². The molecule has 1 heterocycles. The molecule has 1 saturated heterocycles. The third-order valence-corrected chi connectivity index (χ3v) is 1.82. The van der Waals surface area contributed by atoms with E-state index in [0.29, 0.717) is 6.47 Å². The SMILES string of the molecule is C=C1CC[C@@H](OC=O)N1C. The molecule has 1 aliphatic rings. The summed E-state index contributed by atoms with van der Waals surface area (Å²) < 4.78 is 4.77. The molecule has 56 valence electrons. The Hall–Kier alpha value is -0.990. The average Bonchev–Trinajstić information content (AvgIpc) is 2.20. The quantitative estimate of drug-likeness (QED) is 0.531. The summed E-state index contributed by atoms with van der Waals surface area (Å²) in [5.74, 6) is 0. The van der Waals surface area contributed by atoms with Gasteiger partial charge in [0.25, 0.3) is 6.47 Å². The fourth-order valence-electron chi connectivity index (χ4n) is 1.09. The van der Waals surface area contributed by atoms with Crippen molar-refractivity contribution < 1.29 is 9.53 Å². The molecule has 3 nitrogen and oxygen atoms in total. The number of rotatable bonds is 2. The highest BCUT2D eigenvalue weighted by Gasteiger charge is 2.23. The summed E-state index contributed by atoms with van der Waals surface area (Å²) in [7, 11) is 1.88. The van der Waals surface area contributed by atoms with Crippen molar-refractivity contribution in [1.82, 2.24) is 4.90 Å². The normalized spacial score (nSPS) is 25.1. The first-order chi connectivity index (χ1) is 4.75. The third kappa shape index (κ3) is 1.12. The molecule has 0 spiro atoms. The van der Waals surface area contributed by atoms with Crippen LogP contribution < -0.4 is 0 Å². The van der Waals surface area contributed by atoms with Crippen LogP contribution in [0.5, 0.6) is 0 Å². The van der Waals surface area contributed by atoms with E-state index in [1.165, 1.54) is 0 Å². The Bertz CT molecular complexity index is 156. The lowest BCUT2D eigenvalue weighted by Gasteiger charge is -2.19. The first-order valence-corrected chi connectivity index (χ1v) is 3.25. The number of nitrogens with zero attached hydrogens (tertiary/aromatic N) is 1. The molecule has 1 aliphatic heterocycles. The molecule has 0 radical (unpaired) electrons. The molecule has 10 heavy (non-hydrogen) atoms. The Balaban J connectivity index is 2.48. The maximum absolute atomic E-state index is 9.93. The summed E-state index contributed by atoms with van der Waals surface area (Å²) in [5, 5.41) is 0. The predicted octanol–water partition coefficient (Wildman–Crippen LogP) is 0.725. The van der Waals surface area contributed by atoms with E-state index in [-0.39, 0.29) is 6.23 Å². The van der Waals surface area contributed by atoms with Crippen LogP contribution in [0.4, 0.5) is 0 Å². The minimum absolute atomic E-state index is 0.0787. The van der Waals surface area contributed by atoms with Crippen LogP contribution in [0.2, 0.25) is 0 Å². The first-order valence-electron chi connectivity index (χ1n) is 3.25. The molecule has 1 fully saturated rings. The van der Waals surface area contributed by atoms with Crippen molar-refractivity contribution in [1.29, 1.82) is 0 Å². The van der Waals surface area contributed by atoms with Gasteiger partial charge in [-0.2, -0.15) is 0 Å². The summed E-state index contributed by atoms with van der Waals surface area (Å²) in [5.41, 5.74) is 1.03. The molecule has 0 aromatic carbocycles. The summed E-state index contributed by atoms with van der Waals surface area (Å²) in [6.45, 7) is 4.28. The number of carbonyl (C=O) groups is 1. The number of hydrogen-bond acceptors (Lipinski definition) is 3. The number of ether oxygens (including phenoxy) is 1. The topological polar surface area (TPSA) is 29.5 Å². The zero-order chi connectivity index (χ0) is 7.56. The van der Waals surface area contributed by atoms with E-state index in [1.807, 2.05) is 11.9 Å². The van der Waals surface area contributed by atoms with Crippen molar-refractivity contribution in [3.8, 4) is 0 Å². The van der Waals surface area contributed by atoms with Crippen molar-refractivity contribution in [2.24, 2.45) is 0 Å². The van der Waals surface area contributed by atoms with Crippen LogP contribution in [0, 0.1) is 0 Å². The predicted molar refractivity (Wildman–Crippen MR) is 37.1 cm³/mol. The van der Waals surface area contributed by atoms with E-state index in [1.54, 1.807) is 0 Å². The number of hydrogen-bond donors (Lipinski definition) is 0. The largest absolute Gasteiger partial charge is 0.444 e. The Kier molecular flexibility index (Phi) is 1.94. The van der Waals surface area contributed by atoms with Gasteiger partial charge in [-0.25, -0.2) is 0 Å². The van der Waals surface area contributed by atoms with Gasteiger partial charge in [-0.3, -0.25) is 4.79 Å². The summed E-state index contributed by atoms with van der Waals surface area (Å²) in [4.78, 5) is 11.8. The van der Waals surface area contributed by atoms with E-state index in [2.05, 4.69) is 6.58 Å². The number of allylic oxidation sites excluding steroid dienone is 1. The standard InChI is InChI=1S/C7H11NO2/c1-6-3-4-7(8(6)2)10-5-9/h5,7H,1,3-4H2,2H3/t7-/m1/s1. The van der Waals surface area contributed by atoms with Crippen LogP contribution in [0.1, 0.15) is 12.8 Å². The van der Waals surface area contributed by atoms with Crippen LogP contribution in [0.15, 0.2) is 12.3 Å². The van der Waals surface area contributed by atoms with Gasteiger partial charge in [0.1, 0.15) is 0 Å². The van der Waals surface area contributed by atoms with Gasteiger partial charge >= 0.3 is 0 Å². The lowest BCUT2D eigenvalue weighted by molar-refractivity contribution is -0.138. The van der Waals surface area contributed by atoms with E-state index >= 15 is 0 Å². The molecule has 1 rings (SSSR count). The Morgan fingerprint density at radius 2 is 2.60 bits per heavy atom. The van der Waals surface area contributed by atoms with Crippen molar-refractivity contribution in [2.45, 2.75) is 19.1 Å². The average molecular weight is 141 g/mol. The molecule has 1 atom stereocenters. The van der Waals surface area contributed by atoms with Crippen LogP contribution in [-0.4, -0.2) is 24.6 Å². The van der Waals surface area contributed by atoms with E-state index in [0.717, 1.165) is 18.5 Å². The zero-order valence-corrected chi connectivity index (χ0v) is 6.04. The van der Waals surface area contributed by atoms with Crippen LogP contribution >= 0.6 is 0 Å². The summed E-state index contributed by atoms with van der Waals surface area (Å²) in [6.07, 6.45) is 1.72. The molecule has 0 bridgehead atoms. The van der Waals surface area contributed by atoms with Crippen molar-refractivity contribution >= 4 is 6.47 Å². The molecule has 0 aliphatic carbocycles. The molecule has 0 N–H and O–H groups in total. The maximum Gasteiger partial charge on any atom is 0.295 e. The zero-order valence-electron chi connectivity index (χ0n) is 6.04. The van der Waals surface area contributed by atoms with E-state index < -0.39 is 0 Å². The van der Waals surface area contributed by atoms with E-state index in [4.69, 9.17) is 4.74 Å². The van der Waals surface area contributed by atoms with Crippen LogP contribution in [-0.2, 0) is 9.53 Å². The molecule has 3 heteroatoms. The molecule has 0 amide bonds. The molecular formula is C7H11NO2. The molecule has 0 aromatic rings. The highest BCUT2D eigenvalue weighted by Crippen LogP contribution is 2.23. The molecular weight excluding hydrogens is 130 g/mol. The van der Waals surface area contributed by atoms with Crippen molar-refractivity contribution in [3.63, 3.8) is 0 Å².